The molecule has 0 amide bonds. The Morgan fingerprint density at radius 1 is 0.676 bits per heavy atom. The lowest BCUT2D eigenvalue weighted by Crippen LogP contribution is -2.47. The fourth-order valence-corrected chi connectivity index (χ4v) is 9.28. The molecule has 0 aliphatic carbocycles. The van der Waals surface area contributed by atoms with Gasteiger partial charge in [0.1, 0.15) is 11.0 Å². The van der Waals surface area contributed by atoms with Gasteiger partial charge < -0.3 is 39.5 Å². The van der Waals surface area contributed by atoms with E-state index < -0.39 is 0 Å². The minimum atomic E-state index is -0.108. The van der Waals surface area contributed by atoms with Gasteiger partial charge in [0.05, 0.1) is 24.9 Å². The number of nitrogens with zero attached hydrogens (tertiary/aromatic N) is 12. The highest BCUT2D eigenvalue weighted by atomic mass is 16.1. The van der Waals surface area contributed by atoms with E-state index in [1.807, 2.05) is 36.4 Å². The first-order valence-electron chi connectivity index (χ1n) is 23.6. The van der Waals surface area contributed by atoms with Crippen molar-refractivity contribution in [1.29, 1.82) is 0 Å². The summed E-state index contributed by atoms with van der Waals surface area (Å²) in [6.45, 7) is 22.7. The molecular weight excluding hydrogens is 851 g/mol. The monoisotopic (exact) mass is 912 g/mol. The molecule has 0 bridgehead atoms. The summed E-state index contributed by atoms with van der Waals surface area (Å²) in [5.41, 5.74) is 12.8. The second-order valence-electron chi connectivity index (χ2n) is 20.6. The molecule has 2 saturated heterocycles. The fraction of sp³-hybridized carbons (Fsp3) is 0.385. The predicted molar refractivity (Wildman–Crippen MR) is 272 cm³/mol. The Kier molecular flexibility index (Phi) is 11.4. The number of fused-ring (bicyclic) bond motifs is 2. The van der Waals surface area contributed by atoms with Crippen molar-refractivity contribution in [3.05, 3.63) is 130 Å². The lowest BCUT2D eigenvalue weighted by atomic mass is 9.86. The minimum Gasteiger partial charge on any atom is -0.367 e. The number of pyridine rings is 2. The number of hydrogen-bond donors (Lipinski definition) is 3. The number of H-pyrrole nitrogens is 1. The van der Waals surface area contributed by atoms with E-state index in [0.29, 0.717) is 48.6 Å². The highest BCUT2D eigenvalue weighted by molar-refractivity contribution is 5.88. The van der Waals surface area contributed by atoms with E-state index in [4.69, 9.17) is 29.9 Å². The van der Waals surface area contributed by atoms with E-state index in [1.165, 1.54) is 16.7 Å². The Morgan fingerprint density at radius 3 is 1.91 bits per heavy atom. The summed E-state index contributed by atoms with van der Waals surface area (Å²) in [5, 5.41) is 7.43. The summed E-state index contributed by atoms with van der Waals surface area (Å²) in [6, 6.07) is 18.9. The van der Waals surface area contributed by atoms with Crippen LogP contribution in [-0.4, -0.2) is 88.3 Å². The van der Waals surface area contributed by atoms with Gasteiger partial charge in [0.15, 0.2) is 22.9 Å². The molecular formula is C52H61N15O. The third-order valence-corrected chi connectivity index (χ3v) is 13.5. The molecule has 2 aliphatic rings. The minimum absolute atomic E-state index is 0.00962. The van der Waals surface area contributed by atoms with Crippen molar-refractivity contribution in [1.82, 2.24) is 49.0 Å². The number of nitrogens with one attached hydrogen (secondary N) is 3. The summed E-state index contributed by atoms with van der Waals surface area (Å²) in [7, 11) is 1.98. The van der Waals surface area contributed by atoms with Gasteiger partial charge in [-0.2, -0.15) is 19.9 Å². The van der Waals surface area contributed by atoms with E-state index in [0.717, 1.165) is 83.2 Å². The summed E-state index contributed by atoms with van der Waals surface area (Å²) >= 11 is 0. The molecule has 8 heterocycles. The molecule has 350 valence electrons. The van der Waals surface area contributed by atoms with Crippen LogP contribution in [0.25, 0.3) is 22.3 Å². The molecule has 2 fully saturated rings. The van der Waals surface area contributed by atoms with Crippen molar-refractivity contribution < 1.29 is 0 Å². The number of aromatic amines is 1. The number of imidazole rings is 2. The topological polar surface area (TPSA) is 167 Å². The van der Waals surface area contributed by atoms with Gasteiger partial charge in [0.25, 0.3) is 0 Å². The van der Waals surface area contributed by atoms with Crippen LogP contribution in [0.2, 0.25) is 0 Å². The van der Waals surface area contributed by atoms with Crippen molar-refractivity contribution in [2.24, 2.45) is 7.05 Å². The van der Waals surface area contributed by atoms with Gasteiger partial charge >= 0.3 is 0 Å². The normalized spacial score (nSPS) is 15.8. The average molecular weight is 912 g/mol. The zero-order valence-corrected chi connectivity index (χ0v) is 40.6. The van der Waals surface area contributed by atoms with E-state index in [9.17, 15) is 4.79 Å². The number of piperazine rings is 1. The van der Waals surface area contributed by atoms with Gasteiger partial charge in [0.2, 0.25) is 17.5 Å². The molecule has 68 heavy (non-hydrogen) atoms. The predicted octanol–water partition coefficient (Wildman–Crippen LogP) is 8.65. The smallest absolute Gasteiger partial charge is 0.248 e. The lowest BCUT2D eigenvalue weighted by molar-refractivity contribution is 0.590. The van der Waals surface area contributed by atoms with Crippen LogP contribution >= 0.6 is 0 Å². The van der Waals surface area contributed by atoms with E-state index >= 15 is 0 Å². The molecule has 1 unspecified atom stereocenters. The molecule has 6 aromatic heterocycles. The molecule has 3 N–H and O–H groups in total. The molecule has 0 radical (unpaired) electrons. The van der Waals surface area contributed by atoms with Crippen molar-refractivity contribution in [3.8, 4) is 0 Å². The van der Waals surface area contributed by atoms with Crippen LogP contribution in [0.15, 0.2) is 90.6 Å². The van der Waals surface area contributed by atoms with Gasteiger partial charge in [-0.3, -0.25) is 9.78 Å². The number of aromatic nitrogens is 10. The van der Waals surface area contributed by atoms with Crippen molar-refractivity contribution in [2.75, 3.05) is 64.6 Å². The second-order valence-corrected chi connectivity index (χ2v) is 20.6. The summed E-state index contributed by atoms with van der Waals surface area (Å²) in [6.07, 6.45) is 10.3. The quantitative estimate of drug-likeness (QED) is 0.119. The molecule has 0 saturated carbocycles. The summed E-state index contributed by atoms with van der Waals surface area (Å²) in [4.78, 5) is 56.1. The zero-order chi connectivity index (χ0) is 47.5. The number of rotatable bonds is 10. The molecule has 2 aliphatic heterocycles. The molecule has 0 spiro atoms. The maximum atomic E-state index is 11.7. The summed E-state index contributed by atoms with van der Waals surface area (Å²) < 4.78 is 4.11. The Balaban J connectivity index is 0.916. The van der Waals surface area contributed by atoms with Crippen LogP contribution in [0.3, 0.4) is 0 Å². The van der Waals surface area contributed by atoms with Crippen LogP contribution in [0.1, 0.15) is 87.3 Å². The number of benzene rings is 2. The highest BCUT2D eigenvalue weighted by Crippen LogP contribution is 2.36. The third-order valence-electron chi connectivity index (χ3n) is 13.5. The lowest BCUT2D eigenvalue weighted by Gasteiger charge is -2.36. The van der Waals surface area contributed by atoms with Gasteiger partial charge in [-0.15, -0.1) is 0 Å². The molecule has 16 heteroatoms. The Labute approximate surface area is 397 Å². The third kappa shape index (κ3) is 8.94. The fourth-order valence-electron chi connectivity index (χ4n) is 9.28. The van der Waals surface area contributed by atoms with Gasteiger partial charge in [0, 0.05) is 88.3 Å². The maximum Gasteiger partial charge on any atom is 0.248 e. The van der Waals surface area contributed by atoms with Crippen LogP contribution in [0.5, 0.6) is 0 Å². The van der Waals surface area contributed by atoms with Crippen molar-refractivity contribution >= 4 is 62.9 Å². The number of hydrogen-bond acceptors (Lipinski definition) is 13. The Hall–Kier alpha value is -7.36. The van der Waals surface area contributed by atoms with Crippen LogP contribution in [0, 0.1) is 13.8 Å². The van der Waals surface area contributed by atoms with E-state index in [-0.39, 0.29) is 22.3 Å². The Bertz CT molecular complexity index is 3200. The summed E-state index contributed by atoms with van der Waals surface area (Å²) in [5.74, 6) is 2.97. The van der Waals surface area contributed by atoms with E-state index in [1.54, 1.807) is 18.6 Å². The zero-order valence-electron chi connectivity index (χ0n) is 40.6. The van der Waals surface area contributed by atoms with Crippen molar-refractivity contribution in [3.63, 3.8) is 0 Å². The standard InChI is InChI=1S/C52H61N15O/c1-32-10-12-37(51(3,4)5)23-40(32)57-47-43-45(55-30-63(43)9)59-50(61-47)66-17-16-35(29-66)36-22-34(25-53-26-36)28-67-31-56-46-44(67)48(58-41-24-38(52(6,7)8)13-11-33(41)2)62-49(60-46)65-20-18-64(19-21-65)39-14-15-42(68)54-27-39/h10-15,22-27,30-31,35H,16-21,28-29H2,1-9H3,(H,54,68)(H,57,59,61)(H,58,60,62). The van der Waals surface area contributed by atoms with Crippen LogP contribution in [0.4, 0.5) is 40.6 Å². The maximum absolute atomic E-state index is 11.7. The molecule has 2 aromatic carbocycles. The van der Waals surface area contributed by atoms with E-state index in [2.05, 4.69) is 138 Å². The molecule has 10 rings (SSSR count). The van der Waals surface area contributed by atoms with Crippen molar-refractivity contribution in [2.45, 2.75) is 85.1 Å². The van der Waals surface area contributed by atoms with Gasteiger partial charge in [-0.1, -0.05) is 71.9 Å². The largest absolute Gasteiger partial charge is 0.367 e. The molecule has 8 aromatic rings. The first-order valence-corrected chi connectivity index (χ1v) is 23.6. The Morgan fingerprint density at radius 2 is 1.28 bits per heavy atom. The highest BCUT2D eigenvalue weighted by Gasteiger charge is 2.29. The first kappa shape index (κ1) is 44.5. The SMILES string of the molecule is Cc1ccc(C(C)(C)C)cc1Nc1nc(N2CCC(c3cncc(Cn4cnc5nc(N6CCN(c7ccc(=O)[nH]c7)CC6)nc(Nc6cc(C(C)(C)C)ccc6C)c54)c3)C2)nc2ncn(C)c12. The number of aryl methyl sites for hydroxylation is 3. The molecule has 1 atom stereocenters. The number of anilines is 7. The van der Waals surface area contributed by atoms with Crippen LogP contribution in [-0.2, 0) is 24.4 Å². The van der Waals surface area contributed by atoms with Gasteiger partial charge in [-0.25, -0.2) is 9.97 Å². The first-order chi connectivity index (χ1) is 32.5. The molecule has 16 nitrogen and oxygen atoms in total. The van der Waals surface area contributed by atoms with Gasteiger partial charge in [-0.05, 0) is 82.7 Å². The average Bonchev–Trinajstić information content (AvgIpc) is 4.07. The van der Waals surface area contributed by atoms with Crippen LogP contribution < -0.4 is 30.9 Å². The second kappa shape index (κ2) is 17.4.